The van der Waals surface area contributed by atoms with Gasteiger partial charge in [0.1, 0.15) is 0 Å². The molecule has 1 amide bonds. The van der Waals surface area contributed by atoms with Crippen LogP contribution in [-0.2, 0) is 4.74 Å². The van der Waals surface area contributed by atoms with E-state index in [0.717, 1.165) is 36.3 Å². The maximum absolute atomic E-state index is 12.9. The van der Waals surface area contributed by atoms with Gasteiger partial charge in [-0.1, -0.05) is 47.1 Å². The first-order chi connectivity index (χ1) is 16.8. The minimum atomic E-state index is -0.404. The van der Waals surface area contributed by atoms with Gasteiger partial charge in [-0.3, -0.25) is 4.79 Å². The van der Waals surface area contributed by atoms with Gasteiger partial charge in [0.05, 0.1) is 18.2 Å². The third-order valence-corrected chi connectivity index (χ3v) is 6.49. The van der Waals surface area contributed by atoms with Crippen molar-refractivity contribution in [2.24, 2.45) is 0 Å². The zero-order valence-electron chi connectivity index (χ0n) is 21.5. The fourth-order valence-electron chi connectivity index (χ4n) is 3.40. The van der Waals surface area contributed by atoms with Crippen LogP contribution >= 0.6 is 11.8 Å². The van der Waals surface area contributed by atoms with Crippen LogP contribution in [0, 0.1) is 0 Å². The molecule has 0 unspecified atom stereocenters. The predicted molar refractivity (Wildman–Crippen MR) is 148 cm³/mol. The largest absolute Gasteiger partial charge is 0.465 e. The average molecular weight is 492 g/mol. The van der Waals surface area contributed by atoms with E-state index in [1.54, 1.807) is 36.0 Å². The summed E-state index contributed by atoms with van der Waals surface area (Å²) in [5.74, 6) is 0.236. The van der Waals surface area contributed by atoms with Crippen LogP contribution in [0.25, 0.3) is 0 Å². The fraction of sp³-hybridized carbons (Fsp3) is 0.333. The molecule has 0 saturated carbocycles. The van der Waals surface area contributed by atoms with E-state index in [0.29, 0.717) is 16.8 Å². The van der Waals surface area contributed by atoms with E-state index >= 15 is 0 Å². The molecule has 0 spiro atoms. The quantitative estimate of drug-likeness (QED) is 0.184. The molecule has 5 heteroatoms. The first kappa shape index (κ1) is 28.2. The average Bonchev–Trinajstić information content (AvgIpc) is 2.84. The Labute approximate surface area is 214 Å². The van der Waals surface area contributed by atoms with Gasteiger partial charge in [-0.2, -0.15) is 0 Å². The first-order valence-corrected chi connectivity index (χ1v) is 12.9. The SMILES string of the molecule is COC(=O)c1ccc(NC(=O)c2ccccc2SCC=C(C)CCC=C(C)CCC=C(C)C)cc1. The smallest absolute Gasteiger partial charge is 0.337 e. The van der Waals surface area contributed by atoms with Crippen molar-refractivity contribution in [3.05, 3.63) is 94.6 Å². The Morgan fingerprint density at radius 2 is 1.49 bits per heavy atom. The number of carbonyl (C=O) groups excluding carboxylic acids is 2. The number of benzene rings is 2. The minimum Gasteiger partial charge on any atom is -0.465 e. The molecule has 0 fully saturated rings. The highest BCUT2D eigenvalue weighted by Gasteiger charge is 2.12. The van der Waals surface area contributed by atoms with E-state index in [-0.39, 0.29) is 5.91 Å². The third kappa shape index (κ3) is 10.4. The van der Waals surface area contributed by atoms with Crippen molar-refractivity contribution in [1.29, 1.82) is 0 Å². The summed E-state index contributed by atoms with van der Waals surface area (Å²) in [6, 6.07) is 14.3. The van der Waals surface area contributed by atoms with Crippen molar-refractivity contribution in [2.75, 3.05) is 18.2 Å². The summed E-state index contributed by atoms with van der Waals surface area (Å²) < 4.78 is 4.71. The van der Waals surface area contributed by atoms with Crippen LogP contribution < -0.4 is 5.32 Å². The lowest BCUT2D eigenvalue weighted by Gasteiger charge is -2.10. The molecule has 2 rings (SSSR count). The summed E-state index contributed by atoms with van der Waals surface area (Å²) >= 11 is 1.66. The molecular weight excluding hydrogens is 454 g/mol. The van der Waals surface area contributed by atoms with Crippen molar-refractivity contribution in [2.45, 2.75) is 58.3 Å². The van der Waals surface area contributed by atoms with Gasteiger partial charge < -0.3 is 10.1 Å². The van der Waals surface area contributed by atoms with Crippen LogP contribution in [0.15, 0.2) is 88.4 Å². The van der Waals surface area contributed by atoms with Crippen LogP contribution in [0.4, 0.5) is 5.69 Å². The Morgan fingerprint density at radius 3 is 2.14 bits per heavy atom. The summed E-state index contributed by atoms with van der Waals surface area (Å²) in [6.07, 6.45) is 11.2. The molecule has 0 aliphatic carbocycles. The molecule has 0 heterocycles. The summed E-state index contributed by atoms with van der Waals surface area (Å²) in [7, 11) is 1.34. The number of allylic oxidation sites excluding steroid dienone is 5. The van der Waals surface area contributed by atoms with Crippen LogP contribution in [0.3, 0.4) is 0 Å². The number of anilines is 1. The van der Waals surface area contributed by atoms with E-state index in [1.165, 1.54) is 23.8 Å². The second-order valence-corrected chi connectivity index (χ2v) is 9.85. The van der Waals surface area contributed by atoms with Crippen molar-refractivity contribution < 1.29 is 14.3 Å². The minimum absolute atomic E-state index is 0.173. The van der Waals surface area contributed by atoms with Crippen molar-refractivity contribution in [1.82, 2.24) is 0 Å². The van der Waals surface area contributed by atoms with Gasteiger partial charge >= 0.3 is 5.97 Å². The molecule has 4 nitrogen and oxygen atoms in total. The second kappa shape index (κ2) is 15.0. The lowest BCUT2D eigenvalue weighted by Crippen LogP contribution is -2.13. The molecule has 186 valence electrons. The number of amides is 1. The molecule has 0 saturated heterocycles. The highest BCUT2D eigenvalue weighted by Crippen LogP contribution is 2.25. The number of ether oxygens (including phenoxy) is 1. The van der Waals surface area contributed by atoms with E-state index in [9.17, 15) is 9.59 Å². The van der Waals surface area contributed by atoms with Gasteiger partial charge in [0.2, 0.25) is 0 Å². The zero-order valence-corrected chi connectivity index (χ0v) is 22.3. The molecule has 0 aliphatic heterocycles. The summed E-state index contributed by atoms with van der Waals surface area (Å²) in [5.41, 5.74) is 5.89. The Hall–Kier alpha value is -3.05. The highest BCUT2D eigenvalue weighted by molar-refractivity contribution is 7.99. The number of thioether (sulfide) groups is 1. The Morgan fingerprint density at radius 1 is 0.857 bits per heavy atom. The number of nitrogens with one attached hydrogen (secondary N) is 1. The van der Waals surface area contributed by atoms with Crippen LogP contribution in [0.5, 0.6) is 0 Å². The van der Waals surface area contributed by atoms with Gasteiger partial charge in [0, 0.05) is 16.3 Å². The van der Waals surface area contributed by atoms with E-state index < -0.39 is 5.97 Å². The van der Waals surface area contributed by atoms with Crippen LogP contribution in [0.2, 0.25) is 0 Å². The second-order valence-electron chi connectivity index (χ2n) is 8.79. The lowest BCUT2D eigenvalue weighted by molar-refractivity contribution is 0.0600. The van der Waals surface area contributed by atoms with Crippen molar-refractivity contribution >= 4 is 29.3 Å². The Bertz CT molecular complexity index is 1080. The van der Waals surface area contributed by atoms with Gasteiger partial charge in [0.25, 0.3) is 5.91 Å². The molecule has 35 heavy (non-hydrogen) atoms. The van der Waals surface area contributed by atoms with Crippen LogP contribution in [-0.4, -0.2) is 24.7 Å². The fourth-order valence-corrected chi connectivity index (χ4v) is 4.44. The maximum Gasteiger partial charge on any atom is 0.337 e. The van der Waals surface area contributed by atoms with E-state index in [2.05, 4.69) is 51.2 Å². The number of hydrogen-bond acceptors (Lipinski definition) is 4. The van der Waals surface area contributed by atoms with Gasteiger partial charge in [-0.25, -0.2) is 4.79 Å². The topological polar surface area (TPSA) is 55.4 Å². The third-order valence-electron chi connectivity index (χ3n) is 5.49. The molecule has 2 aromatic carbocycles. The standard InChI is InChI=1S/C30H37NO3S/c1-22(2)10-8-11-23(3)12-9-13-24(4)20-21-35-28-15-7-6-14-27(28)29(32)31-26-18-16-25(17-19-26)30(33)34-5/h6-7,10,12,14-20H,8-9,11,13,21H2,1-5H3,(H,31,32). The van der Waals surface area contributed by atoms with Crippen molar-refractivity contribution in [3.63, 3.8) is 0 Å². The van der Waals surface area contributed by atoms with E-state index in [1.807, 2.05) is 24.3 Å². The normalized spacial score (nSPS) is 11.7. The summed E-state index contributed by atoms with van der Waals surface area (Å²) in [4.78, 5) is 25.4. The Kier molecular flexibility index (Phi) is 12.1. The van der Waals surface area contributed by atoms with Crippen LogP contribution in [0.1, 0.15) is 74.1 Å². The maximum atomic E-state index is 12.9. The molecule has 2 aromatic rings. The molecule has 0 radical (unpaired) electrons. The number of carbonyl (C=O) groups is 2. The predicted octanol–water partition coefficient (Wildman–Crippen LogP) is 8.24. The molecular formula is C30H37NO3S. The first-order valence-electron chi connectivity index (χ1n) is 12.0. The van der Waals surface area contributed by atoms with Gasteiger partial charge in [0.15, 0.2) is 0 Å². The van der Waals surface area contributed by atoms with E-state index in [4.69, 9.17) is 4.74 Å². The molecule has 0 bridgehead atoms. The summed E-state index contributed by atoms with van der Waals surface area (Å²) in [6.45, 7) is 8.66. The van der Waals surface area contributed by atoms with Gasteiger partial charge in [-0.05, 0) is 89.8 Å². The van der Waals surface area contributed by atoms with Crippen molar-refractivity contribution in [3.8, 4) is 0 Å². The Balaban J connectivity index is 1.89. The number of hydrogen-bond donors (Lipinski definition) is 1. The number of rotatable bonds is 12. The number of methoxy groups -OCH3 is 1. The number of esters is 1. The monoisotopic (exact) mass is 491 g/mol. The summed E-state index contributed by atoms with van der Waals surface area (Å²) in [5, 5.41) is 2.91. The highest BCUT2D eigenvalue weighted by atomic mass is 32.2. The zero-order chi connectivity index (χ0) is 25.6. The molecule has 0 aromatic heterocycles. The molecule has 0 aliphatic rings. The molecule has 0 atom stereocenters. The van der Waals surface area contributed by atoms with Gasteiger partial charge in [-0.15, -0.1) is 11.8 Å². The molecule has 1 N–H and O–H groups in total. The lowest BCUT2D eigenvalue weighted by atomic mass is 10.1.